The molecule has 1 aromatic heterocycles. The molecule has 74 valence electrons. The molecule has 0 unspecified atom stereocenters. The first-order valence-electron chi connectivity index (χ1n) is 4.89. The number of nitrogens with zero attached hydrogens (tertiary/aromatic N) is 2. The van der Waals surface area contributed by atoms with Crippen LogP contribution in [0.15, 0.2) is 12.3 Å². The molecule has 0 amide bonds. The molecule has 0 aromatic carbocycles. The summed E-state index contributed by atoms with van der Waals surface area (Å²) in [6, 6.07) is 0. The first-order chi connectivity index (χ1) is 6.66. The molecule has 3 nitrogen and oxygen atoms in total. The lowest BCUT2D eigenvalue weighted by atomic mass is 10.2. The van der Waals surface area contributed by atoms with Crippen LogP contribution in [0.1, 0.15) is 24.1 Å². The van der Waals surface area contributed by atoms with Crippen molar-refractivity contribution in [3.8, 4) is 0 Å². The van der Waals surface area contributed by atoms with Crippen LogP contribution in [0.2, 0.25) is 0 Å². The fourth-order valence-electron chi connectivity index (χ4n) is 1.46. The molecule has 0 spiro atoms. The summed E-state index contributed by atoms with van der Waals surface area (Å²) in [5.74, 6) is 0.566. The molecule has 0 atom stereocenters. The standard InChI is InChI=1S/C11H14N2O/c1-8-10(7-13(2)12-8)5-6-11(14)9-3-4-9/h5-7,9H,3-4H2,1-2H3/b6-5+. The molecule has 0 radical (unpaired) electrons. The number of carbonyl (C=O) groups excluding carboxylic acids is 1. The Kier molecular flexibility index (Phi) is 2.23. The molecule has 1 aliphatic carbocycles. The van der Waals surface area contributed by atoms with E-state index < -0.39 is 0 Å². The first-order valence-corrected chi connectivity index (χ1v) is 4.89. The summed E-state index contributed by atoms with van der Waals surface area (Å²) in [4.78, 5) is 11.4. The Balaban J connectivity index is 2.08. The van der Waals surface area contributed by atoms with Gasteiger partial charge in [0.1, 0.15) is 0 Å². The third-order valence-corrected chi connectivity index (χ3v) is 2.46. The van der Waals surface area contributed by atoms with Crippen molar-refractivity contribution in [2.45, 2.75) is 19.8 Å². The van der Waals surface area contributed by atoms with E-state index in [1.54, 1.807) is 10.8 Å². The van der Waals surface area contributed by atoms with Crippen molar-refractivity contribution in [1.82, 2.24) is 9.78 Å². The van der Waals surface area contributed by atoms with Gasteiger partial charge in [0.15, 0.2) is 5.78 Å². The van der Waals surface area contributed by atoms with Gasteiger partial charge in [0, 0.05) is 24.7 Å². The van der Waals surface area contributed by atoms with E-state index in [2.05, 4.69) is 5.10 Å². The van der Waals surface area contributed by atoms with Gasteiger partial charge >= 0.3 is 0 Å². The largest absolute Gasteiger partial charge is 0.295 e. The van der Waals surface area contributed by atoms with Crippen LogP contribution < -0.4 is 0 Å². The Morgan fingerprint density at radius 3 is 2.86 bits per heavy atom. The number of aryl methyl sites for hydroxylation is 2. The van der Waals surface area contributed by atoms with Crippen molar-refractivity contribution in [3.05, 3.63) is 23.5 Å². The second kappa shape index (κ2) is 3.40. The summed E-state index contributed by atoms with van der Waals surface area (Å²) in [5.41, 5.74) is 1.99. The molecular weight excluding hydrogens is 176 g/mol. The van der Waals surface area contributed by atoms with Crippen LogP contribution in [-0.2, 0) is 11.8 Å². The lowest BCUT2D eigenvalue weighted by Gasteiger charge is -1.88. The second-order valence-corrected chi connectivity index (χ2v) is 3.85. The van der Waals surface area contributed by atoms with Gasteiger partial charge in [-0.05, 0) is 31.9 Å². The molecule has 2 rings (SSSR count). The quantitative estimate of drug-likeness (QED) is 0.680. The van der Waals surface area contributed by atoms with E-state index in [1.165, 1.54) is 0 Å². The summed E-state index contributed by atoms with van der Waals surface area (Å²) in [5, 5.41) is 4.20. The van der Waals surface area contributed by atoms with E-state index in [0.29, 0.717) is 5.92 Å². The zero-order valence-electron chi connectivity index (χ0n) is 8.53. The predicted molar refractivity (Wildman–Crippen MR) is 54.7 cm³/mol. The maximum atomic E-state index is 11.4. The van der Waals surface area contributed by atoms with Crippen molar-refractivity contribution in [2.24, 2.45) is 13.0 Å². The van der Waals surface area contributed by atoms with E-state index in [-0.39, 0.29) is 5.78 Å². The highest BCUT2D eigenvalue weighted by atomic mass is 16.1. The maximum Gasteiger partial charge on any atom is 0.158 e. The zero-order valence-corrected chi connectivity index (χ0v) is 8.53. The average molecular weight is 190 g/mol. The van der Waals surface area contributed by atoms with Crippen LogP contribution in [0.3, 0.4) is 0 Å². The van der Waals surface area contributed by atoms with Crippen molar-refractivity contribution in [2.75, 3.05) is 0 Å². The van der Waals surface area contributed by atoms with E-state index >= 15 is 0 Å². The Labute approximate surface area is 83.4 Å². The van der Waals surface area contributed by atoms with E-state index in [0.717, 1.165) is 24.1 Å². The minimum Gasteiger partial charge on any atom is -0.295 e. The van der Waals surface area contributed by atoms with Gasteiger partial charge < -0.3 is 0 Å². The average Bonchev–Trinajstić information content (AvgIpc) is 2.90. The lowest BCUT2D eigenvalue weighted by Crippen LogP contribution is -1.93. The summed E-state index contributed by atoms with van der Waals surface area (Å²) < 4.78 is 1.76. The Morgan fingerprint density at radius 2 is 2.36 bits per heavy atom. The van der Waals surface area contributed by atoms with Gasteiger partial charge in [-0.2, -0.15) is 5.10 Å². The molecule has 14 heavy (non-hydrogen) atoms. The van der Waals surface area contributed by atoms with Crippen LogP contribution in [-0.4, -0.2) is 15.6 Å². The van der Waals surface area contributed by atoms with Crippen LogP contribution in [0.5, 0.6) is 0 Å². The van der Waals surface area contributed by atoms with Crippen LogP contribution >= 0.6 is 0 Å². The molecule has 1 aromatic rings. The Bertz CT molecular complexity index is 386. The van der Waals surface area contributed by atoms with E-state index in [4.69, 9.17) is 0 Å². The minimum atomic E-state index is 0.258. The summed E-state index contributed by atoms with van der Waals surface area (Å²) in [6.45, 7) is 1.95. The van der Waals surface area contributed by atoms with Gasteiger partial charge in [-0.15, -0.1) is 0 Å². The monoisotopic (exact) mass is 190 g/mol. The zero-order chi connectivity index (χ0) is 10.1. The smallest absolute Gasteiger partial charge is 0.158 e. The first kappa shape index (κ1) is 9.19. The van der Waals surface area contributed by atoms with Crippen LogP contribution in [0.25, 0.3) is 6.08 Å². The van der Waals surface area contributed by atoms with Gasteiger partial charge in [0.2, 0.25) is 0 Å². The third kappa shape index (κ3) is 1.92. The molecule has 0 N–H and O–H groups in total. The van der Waals surface area contributed by atoms with E-state index in [9.17, 15) is 4.79 Å². The SMILES string of the molecule is Cc1nn(C)cc1/C=C/C(=O)C1CC1. The molecule has 1 aliphatic rings. The van der Waals surface area contributed by atoms with Crippen molar-refractivity contribution < 1.29 is 4.79 Å². The summed E-state index contributed by atoms with van der Waals surface area (Å²) in [6.07, 6.45) is 7.60. The fourth-order valence-corrected chi connectivity index (χ4v) is 1.46. The van der Waals surface area contributed by atoms with Crippen molar-refractivity contribution in [1.29, 1.82) is 0 Å². The van der Waals surface area contributed by atoms with Gasteiger partial charge in [-0.1, -0.05) is 0 Å². The minimum absolute atomic E-state index is 0.258. The molecule has 1 fully saturated rings. The number of allylic oxidation sites excluding steroid dienone is 1. The molecule has 1 saturated carbocycles. The molecular formula is C11H14N2O. The highest BCUT2D eigenvalue weighted by Crippen LogP contribution is 2.30. The Morgan fingerprint density at radius 1 is 1.64 bits per heavy atom. The molecule has 0 aliphatic heterocycles. The topological polar surface area (TPSA) is 34.9 Å². The second-order valence-electron chi connectivity index (χ2n) is 3.85. The molecule has 1 heterocycles. The summed E-state index contributed by atoms with van der Waals surface area (Å²) >= 11 is 0. The van der Waals surface area contributed by atoms with Crippen LogP contribution in [0.4, 0.5) is 0 Å². The number of hydrogen-bond donors (Lipinski definition) is 0. The highest BCUT2D eigenvalue weighted by molar-refractivity contribution is 5.96. The lowest BCUT2D eigenvalue weighted by molar-refractivity contribution is -0.115. The Hall–Kier alpha value is -1.38. The summed E-state index contributed by atoms with van der Waals surface area (Å²) in [7, 11) is 1.88. The molecule has 3 heteroatoms. The van der Waals surface area contributed by atoms with Crippen LogP contribution in [0, 0.1) is 12.8 Å². The highest BCUT2D eigenvalue weighted by Gasteiger charge is 2.27. The van der Waals surface area contributed by atoms with Gasteiger partial charge in [-0.25, -0.2) is 0 Å². The predicted octanol–water partition coefficient (Wildman–Crippen LogP) is 1.72. The number of rotatable bonds is 3. The number of ketones is 1. The fraction of sp³-hybridized carbons (Fsp3) is 0.455. The van der Waals surface area contributed by atoms with Gasteiger partial charge in [0.25, 0.3) is 0 Å². The van der Waals surface area contributed by atoms with Gasteiger partial charge in [0.05, 0.1) is 5.69 Å². The molecule has 0 saturated heterocycles. The van der Waals surface area contributed by atoms with Crippen molar-refractivity contribution >= 4 is 11.9 Å². The maximum absolute atomic E-state index is 11.4. The third-order valence-electron chi connectivity index (χ3n) is 2.46. The number of hydrogen-bond acceptors (Lipinski definition) is 2. The van der Waals surface area contributed by atoms with Gasteiger partial charge in [-0.3, -0.25) is 9.48 Å². The normalized spacial score (nSPS) is 16.4. The van der Waals surface area contributed by atoms with Crippen molar-refractivity contribution in [3.63, 3.8) is 0 Å². The number of carbonyl (C=O) groups is 1. The van der Waals surface area contributed by atoms with E-state index in [1.807, 2.05) is 26.2 Å². The number of aromatic nitrogens is 2. The molecule has 0 bridgehead atoms.